The van der Waals surface area contributed by atoms with Crippen molar-refractivity contribution in [2.45, 2.75) is 45.1 Å². The van der Waals surface area contributed by atoms with E-state index in [0.717, 1.165) is 58.6 Å². The van der Waals surface area contributed by atoms with E-state index < -0.39 is 12.1 Å². The highest BCUT2D eigenvalue weighted by atomic mass is 32.1. The van der Waals surface area contributed by atoms with E-state index in [1.165, 1.54) is 0 Å². The molecule has 0 bridgehead atoms. The number of fused-ring (bicyclic) bond motifs is 1. The van der Waals surface area contributed by atoms with E-state index in [0.29, 0.717) is 19.4 Å². The molecule has 0 amide bonds. The maximum atomic E-state index is 11.8. The Hall–Kier alpha value is -2.92. The monoisotopic (exact) mass is 492 g/mol. The van der Waals surface area contributed by atoms with Crippen LogP contribution in [0, 0.1) is 24.2 Å². The highest BCUT2D eigenvalue weighted by molar-refractivity contribution is 7.10. The molecule has 6 nitrogen and oxygen atoms in total. The molecule has 2 N–H and O–H groups in total. The Kier molecular flexibility index (Phi) is 8.07. The number of aromatic nitrogens is 1. The molecule has 1 fully saturated rings. The third-order valence-electron chi connectivity index (χ3n) is 7.08. The van der Waals surface area contributed by atoms with Gasteiger partial charge < -0.3 is 14.9 Å². The van der Waals surface area contributed by atoms with Gasteiger partial charge >= 0.3 is 5.97 Å². The molecule has 0 aliphatic carbocycles. The van der Waals surface area contributed by atoms with Crippen LogP contribution in [0.4, 0.5) is 0 Å². The van der Waals surface area contributed by atoms with Gasteiger partial charge in [-0.1, -0.05) is 17.9 Å². The van der Waals surface area contributed by atoms with Crippen LogP contribution in [0.15, 0.2) is 41.9 Å². The minimum absolute atomic E-state index is 0.123. The van der Waals surface area contributed by atoms with Crippen molar-refractivity contribution >= 4 is 28.2 Å². The fourth-order valence-corrected chi connectivity index (χ4v) is 5.65. The number of pyridine rings is 1. The molecule has 35 heavy (non-hydrogen) atoms. The topological polar surface area (TPSA) is 82.9 Å². The molecule has 2 aromatic heterocycles. The van der Waals surface area contributed by atoms with Gasteiger partial charge in [-0.15, -0.1) is 11.3 Å². The summed E-state index contributed by atoms with van der Waals surface area (Å²) in [6.45, 7) is 4.27. The molecule has 3 aromatic rings. The van der Waals surface area contributed by atoms with Crippen LogP contribution in [0.5, 0.6) is 5.75 Å². The van der Waals surface area contributed by atoms with Crippen molar-refractivity contribution in [2.75, 3.05) is 26.7 Å². The number of ether oxygens (including phenoxy) is 1. The summed E-state index contributed by atoms with van der Waals surface area (Å²) >= 11 is 1.64. The van der Waals surface area contributed by atoms with Gasteiger partial charge in [0.2, 0.25) is 0 Å². The van der Waals surface area contributed by atoms with Crippen LogP contribution in [0.1, 0.15) is 54.2 Å². The van der Waals surface area contributed by atoms with Crippen molar-refractivity contribution in [3.05, 3.63) is 57.9 Å². The summed E-state index contributed by atoms with van der Waals surface area (Å²) in [6.07, 6.45) is 3.94. The third-order valence-corrected chi connectivity index (χ3v) is 7.86. The quantitative estimate of drug-likeness (QED) is 0.429. The molecule has 0 radical (unpaired) electrons. The molecular formula is C28H32N2O4S. The van der Waals surface area contributed by atoms with E-state index in [2.05, 4.69) is 21.7 Å². The lowest BCUT2D eigenvalue weighted by atomic mass is 9.71. The summed E-state index contributed by atoms with van der Waals surface area (Å²) in [6, 6.07) is 9.68. The number of carboxylic acids is 1. The molecule has 0 spiro atoms. The smallest absolute Gasteiger partial charge is 0.303 e. The molecule has 1 unspecified atom stereocenters. The SMILES string of the molecule is COc1ccc2ncc(C)c(C(O)CCC3(CC(=O)O)CCN(CC#Cc4cccs4)CC3)c2c1. The van der Waals surface area contributed by atoms with E-state index in [-0.39, 0.29) is 11.8 Å². The number of benzene rings is 1. The summed E-state index contributed by atoms with van der Waals surface area (Å²) < 4.78 is 5.38. The lowest BCUT2D eigenvalue weighted by molar-refractivity contribution is -0.141. The van der Waals surface area contributed by atoms with Crippen molar-refractivity contribution in [3.63, 3.8) is 0 Å². The first-order valence-corrected chi connectivity index (χ1v) is 12.8. The zero-order chi connectivity index (χ0) is 24.8. The van der Waals surface area contributed by atoms with Gasteiger partial charge in [0.25, 0.3) is 0 Å². The van der Waals surface area contributed by atoms with Gasteiger partial charge in [-0.05, 0) is 91.9 Å². The number of aliphatic hydroxyl groups is 1. The summed E-state index contributed by atoms with van der Waals surface area (Å²) in [7, 11) is 1.62. The Morgan fingerprint density at radius 1 is 1.31 bits per heavy atom. The average molecular weight is 493 g/mol. The molecule has 1 aromatic carbocycles. The Labute approximate surface area is 210 Å². The molecule has 0 saturated carbocycles. The van der Waals surface area contributed by atoms with E-state index in [4.69, 9.17) is 4.74 Å². The van der Waals surface area contributed by atoms with Crippen LogP contribution in [-0.4, -0.2) is 52.8 Å². The number of aliphatic hydroxyl groups excluding tert-OH is 1. The standard InChI is InChI=1S/C28H32N2O4S/c1-20-19-29-24-8-7-21(34-2)17-23(24)27(20)25(31)9-10-28(18-26(32)33)11-14-30(15-12-28)13-3-5-22-6-4-16-35-22/h4,6-8,16-17,19,25,31H,9-15,18H2,1-2H3,(H,32,33). The summed E-state index contributed by atoms with van der Waals surface area (Å²) in [4.78, 5) is 19.6. The molecule has 1 aliphatic heterocycles. The lowest BCUT2D eigenvalue weighted by Crippen LogP contribution is -2.41. The first-order chi connectivity index (χ1) is 16.9. The van der Waals surface area contributed by atoms with E-state index >= 15 is 0 Å². The molecule has 1 aliphatic rings. The minimum atomic E-state index is -0.777. The van der Waals surface area contributed by atoms with Gasteiger partial charge in [-0.25, -0.2) is 0 Å². The zero-order valence-corrected chi connectivity index (χ0v) is 21.1. The van der Waals surface area contributed by atoms with Gasteiger partial charge in [-0.2, -0.15) is 0 Å². The van der Waals surface area contributed by atoms with Gasteiger partial charge in [0.05, 0.1) is 36.6 Å². The highest BCUT2D eigenvalue weighted by Gasteiger charge is 2.37. The molecule has 3 heterocycles. The Bertz CT molecular complexity index is 1220. The van der Waals surface area contributed by atoms with Crippen LogP contribution < -0.4 is 4.74 Å². The largest absolute Gasteiger partial charge is 0.497 e. The Balaban J connectivity index is 1.44. The number of hydrogen-bond acceptors (Lipinski definition) is 6. The molecule has 7 heteroatoms. The number of aliphatic carboxylic acids is 1. The summed E-state index contributed by atoms with van der Waals surface area (Å²) in [5, 5.41) is 23.8. The van der Waals surface area contributed by atoms with Crippen LogP contribution >= 0.6 is 11.3 Å². The lowest BCUT2D eigenvalue weighted by Gasteiger charge is -2.41. The van der Waals surface area contributed by atoms with Crippen molar-refractivity contribution in [3.8, 4) is 17.6 Å². The van der Waals surface area contributed by atoms with E-state index in [9.17, 15) is 15.0 Å². The first-order valence-electron chi connectivity index (χ1n) is 12.0. The molecule has 1 saturated heterocycles. The van der Waals surface area contributed by atoms with Crippen molar-refractivity contribution in [1.29, 1.82) is 0 Å². The summed E-state index contributed by atoms with van der Waals surface area (Å²) in [5.74, 6) is 6.38. The highest BCUT2D eigenvalue weighted by Crippen LogP contribution is 2.42. The predicted octanol–water partition coefficient (Wildman–Crippen LogP) is 5.04. The number of likely N-dealkylation sites (tertiary alicyclic amines) is 1. The fourth-order valence-electron chi connectivity index (χ4n) is 5.06. The van der Waals surface area contributed by atoms with E-state index in [1.807, 2.05) is 42.6 Å². The first kappa shape index (κ1) is 25.2. The zero-order valence-electron chi connectivity index (χ0n) is 20.3. The van der Waals surface area contributed by atoms with Crippen molar-refractivity contribution in [2.24, 2.45) is 5.41 Å². The number of carbonyl (C=O) groups is 1. The second-order valence-electron chi connectivity index (χ2n) is 9.42. The number of piperidine rings is 1. The Morgan fingerprint density at radius 2 is 2.11 bits per heavy atom. The van der Waals surface area contributed by atoms with Crippen LogP contribution in [0.3, 0.4) is 0 Å². The van der Waals surface area contributed by atoms with Gasteiger partial charge in [0.15, 0.2) is 0 Å². The van der Waals surface area contributed by atoms with Crippen LogP contribution in [0.25, 0.3) is 10.9 Å². The number of hydrogen-bond donors (Lipinski definition) is 2. The molecule has 4 rings (SSSR count). The van der Waals surface area contributed by atoms with E-state index in [1.54, 1.807) is 24.6 Å². The van der Waals surface area contributed by atoms with Crippen molar-refractivity contribution < 1.29 is 19.7 Å². The summed E-state index contributed by atoms with van der Waals surface area (Å²) in [5.41, 5.74) is 2.26. The molecule has 1 atom stereocenters. The normalized spacial score (nSPS) is 16.4. The average Bonchev–Trinajstić information content (AvgIpc) is 3.36. The van der Waals surface area contributed by atoms with Gasteiger partial charge in [0.1, 0.15) is 5.75 Å². The number of carboxylic acid groups (broad SMARTS) is 1. The van der Waals surface area contributed by atoms with Gasteiger partial charge in [0, 0.05) is 11.6 Å². The van der Waals surface area contributed by atoms with Crippen molar-refractivity contribution in [1.82, 2.24) is 9.88 Å². The second-order valence-corrected chi connectivity index (χ2v) is 10.4. The second kappa shape index (κ2) is 11.2. The number of rotatable bonds is 8. The molecule has 184 valence electrons. The minimum Gasteiger partial charge on any atom is -0.497 e. The number of methoxy groups -OCH3 is 1. The van der Waals surface area contributed by atoms with Gasteiger partial charge in [-0.3, -0.25) is 14.7 Å². The number of aryl methyl sites for hydroxylation is 1. The van der Waals surface area contributed by atoms with Crippen LogP contribution in [-0.2, 0) is 4.79 Å². The maximum absolute atomic E-state index is 11.8. The fraction of sp³-hybridized carbons (Fsp3) is 0.429. The molecular weight excluding hydrogens is 460 g/mol. The van der Waals surface area contributed by atoms with Crippen LogP contribution in [0.2, 0.25) is 0 Å². The third kappa shape index (κ3) is 6.21. The number of thiophene rings is 1. The number of nitrogens with zero attached hydrogens (tertiary/aromatic N) is 2. The Morgan fingerprint density at radius 3 is 2.80 bits per heavy atom. The predicted molar refractivity (Wildman–Crippen MR) is 139 cm³/mol. The maximum Gasteiger partial charge on any atom is 0.303 e.